The molecule has 0 bridgehead atoms. The molecule has 6 heteroatoms. The molecular weight excluding hydrogens is 249 g/mol. The van der Waals surface area contributed by atoms with Gasteiger partial charge >= 0.3 is 0 Å². The summed E-state index contributed by atoms with van der Waals surface area (Å²) in [7, 11) is 0. The van der Waals surface area contributed by atoms with Gasteiger partial charge in [0.25, 0.3) is 5.92 Å². The first-order valence-electron chi connectivity index (χ1n) is 3.37. The first-order valence-corrected chi connectivity index (χ1v) is 4.16. The summed E-state index contributed by atoms with van der Waals surface area (Å²) in [5.41, 5.74) is 4.01. The van der Waals surface area contributed by atoms with Gasteiger partial charge < -0.3 is 5.73 Å². The summed E-state index contributed by atoms with van der Waals surface area (Å²) >= 11 is 2.91. The summed E-state index contributed by atoms with van der Waals surface area (Å²) < 4.78 is 38.9. The molecular formula is C7H6BrF3N2. The average Bonchev–Trinajstić information content (AvgIpc) is 2.09. The van der Waals surface area contributed by atoms with Crippen molar-refractivity contribution in [2.24, 2.45) is 5.73 Å². The Morgan fingerprint density at radius 3 is 2.69 bits per heavy atom. The van der Waals surface area contributed by atoms with Crippen molar-refractivity contribution in [1.29, 1.82) is 0 Å². The van der Waals surface area contributed by atoms with Crippen LogP contribution in [0.3, 0.4) is 0 Å². The number of hydrogen-bond donors (Lipinski definition) is 1. The van der Waals surface area contributed by atoms with E-state index in [4.69, 9.17) is 5.73 Å². The molecule has 1 heterocycles. The van der Waals surface area contributed by atoms with Gasteiger partial charge in [0.15, 0.2) is 0 Å². The van der Waals surface area contributed by atoms with Gasteiger partial charge in [0.05, 0.1) is 12.1 Å². The van der Waals surface area contributed by atoms with Gasteiger partial charge in [-0.15, -0.1) is 0 Å². The smallest absolute Gasteiger partial charge is 0.289 e. The third-order valence-electron chi connectivity index (χ3n) is 1.46. The number of nitrogens with zero attached hydrogens (tertiary/aromatic N) is 1. The van der Waals surface area contributed by atoms with E-state index in [0.29, 0.717) is 0 Å². The predicted molar refractivity (Wildman–Crippen MR) is 44.8 cm³/mol. The van der Waals surface area contributed by atoms with Crippen molar-refractivity contribution in [3.05, 3.63) is 28.2 Å². The molecule has 0 radical (unpaired) electrons. The molecule has 0 spiro atoms. The second-order valence-corrected chi connectivity index (χ2v) is 3.32. The van der Waals surface area contributed by atoms with Crippen LogP contribution in [0.5, 0.6) is 0 Å². The predicted octanol–water partition coefficient (Wildman–Crippen LogP) is 2.03. The largest absolute Gasteiger partial charge is 0.325 e. The van der Waals surface area contributed by atoms with E-state index >= 15 is 0 Å². The second kappa shape index (κ2) is 3.63. The van der Waals surface area contributed by atoms with Gasteiger partial charge in [0, 0.05) is 10.7 Å². The Bertz CT molecular complexity index is 317. The van der Waals surface area contributed by atoms with Crippen molar-refractivity contribution < 1.29 is 13.2 Å². The third-order valence-corrected chi connectivity index (χ3v) is 1.89. The molecule has 2 N–H and O–H groups in total. The Morgan fingerprint density at radius 2 is 2.15 bits per heavy atom. The lowest BCUT2D eigenvalue weighted by molar-refractivity contribution is 0.00156. The highest BCUT2D eigenvalue weighted by Crippen LogP contribution is 2.29. The molecule has 72 valence electrons. The number of aromatic nitrogens is 1. The Hall–Kier alpha value is -0.620. The maximum atomic E-state index is 12.9. The highest BCUT2D eigenvalue weighted by atomic mass is 79.9. The van der Waals surface area contributed by atoms with Gasteiger partial charge in [0.2, 0.25) is 5.95 Å². The summed E-state index contributed by atoms with van der Waals surface area (Å²) in [6.45, 7) is -0.942. The lowest BCUT2D eigenvalue weighted by Gasteiger charge is -2.14. The number of hydrogen-bond acceptors (Lipinski definition) is 2. The van der Waals surface area contributed by atoms with Crippen molar-refractivity contribution >= 4 is 15.9 Å². The highest BCUT2D eigenvalue weighted by molar-refractivity contribution is 9.10. The normalized spacial score (nSPS) is 11.8. The van der Waals surface area contributed by atoms with Gasteiger partial charge in [-0.1, -0.05) is 0 Å². The fraction of sp³-hybridized carbons (Fsp3) is 0.286. The maximum Gasteiger partial charge on any atom is 0.289 e. The Balaban J connectivity index is 3.20. The van der Waals surface area contributed by atoms with Crippen LogP contribution in [0.4, 0.5) is 13.2 Å². The second-order valence-electron chi connectivity index (χ2n) is 2.40. The van der Waals surface area contributed by atoms with Crippen LogP contribution in [0.25, 0.3) is 0 Å². The number of nitrogens with two attached hydrogens (primary N) is 1. The van der Waals surface area contributed by atoms with Crippen LogP contribution in [0.2, 0.25) is 0 Å². The lowest BCUT2D eigenvalue weighted by Crippen LogP contribution is -2.26. The Labute approximate surface area is 81.1 Å². The average molecular weight is 255 g/mol. The number of halogens is 4. The minimum atomic E-state index is -3.37. The minimum Gasteiger partial charge on any atom is -0.325 e. The molecule has 13 heavy (non-hydrogen) atoms. The molecule has 1 aromatic rings. The summed E-state index contributed by atoms with van der Waals surface area (Å²) in [6.07, 6.45) is 1.10. The van der Waals surface area contributed by atoms with Gasteiger partial charge in [-0.05, 0) is 22.0 Å². The van der Waals surface area contributed by atoms with E-state index in [9.17, 15) is 13.2 Å². The van der Waals surface area contributed by atoms with Gasteiger partial charge in [-0.25, -0.2) is 4.98 Å². The summed E-state index contributed by atoms with van der Waals surface area (Å²) in [6, 6.07) is 0.967. The van der Waals surface area contributed by atoms with E-state index in [1.807, 2.05) is 0 Å². The van der Waals surface area contributed by atoms with E-state index in [1.54, 1.807) is 0 Å². The molecule has 1 rings (SSSR count). The van der Waals surface area contributed by atoms with Crippen molar-refractivity contribution in [2.45, 2.75) is 5.92 Å². The van der Waals surface area contributed by atoms with Gasteiger partial charge in [0.1, 0.15) is 0 Å². The monoisotopic (exact) mass is 254 g/mol. The Morgan fingerprint density at radius 1 is 1.54 bits per heavy atom. The fourth-order valence-corrected chi connectivity index (χ4v) is 1.12. The first-order chi connectivity index (χ1) is 5.97. The summed E-state index contributed by atoms with van der Waals surface area (Å²) in [4.78, 5) is 3.14. The zero-order valence-electron chi connectivity index (χ0n) is 6.40. The summed E-state index contributed by atoms with van der Waals surface area (Å²) in [5, 5.41) is 0. The third kappa shape index (κ3) is 2.19. The van der Waals surface area contributed by atoms with Crippen molar-refractivity contribution in [2.75, 3.05) is 6.54 Å². The van der Waals surface area contributed by atoms with E-state index in [0.717, 1.165) is 12.3 Å². The molecule has 0 atom stereocenters. The molecule has 0 saturated heterocycles. The molecule has 0 aliphatic carbocycles. The first kappa shape index (κ1) is 10.5. The minimum absolute atomic E-state index is 0.289. The van der Waals surface area contributed by atoms with Crippen LogP contribution in [0.1, 0.15) is 5.56 Å². The molecule has 0 fully saturated rings. The van der Waals surface area contributed by atoms with E-state index < -0.39 is 24.0 Å². The fourth-order valence-electron chi connectivity index (χ4n) is 0.789. The lowest BCUT2D eigenvalue weighted by atomic mass is 10.1. The van der Waals surface area contributed by atoms with Crippen molar-refractivity contribution in [3.63, 3.8) is 0 Å². The van der Waals surface area contributed by atoms with Crippen LogP contribution < -0.4 is 5.73 Å². The van der Waals surface area contributed by atoms with E-state index in [-0.39, 0.29) is 4.47 Å². The quantitative estimate of drug-likeness (QED) is 0.821. The maximum absolute atomic E-state index is 12.9. The van der Waals surface area contributed by atoms with Gasteiger partial charge in [-0.3, -0.25) is 0 Å². The van der Waals surface area contributed by atoms with E-state index in [1.165, 1.54) is 0 Å². The molecule has 2 nitrogen and oxygen atoms in total. The standard InChI is InChI=1S/C7H6BrF3N2/c8-4-1-5(6(9)13-2-4)7(10,11)3-12/h1-2H,3,12H2. The molecule has 0 aliphatic rings. The van der Waals surface area contributed by atoms with Crippen LogP contribution in [0.15, 0.2) is 16.7 Å². The van der Waals surface area contributed by atoms with Gasteiger partial charge in [-0.2, -0.15) is 13.2 Å². The van der Waals surface area contributed by atoms with Crippen molar-refractivity contribution in [1.82, 2.24) is 4.98 Å². The van der Waals surface area contributed by atoms with Crippen LogP contribution in [0, 0.1) is 5.95 Å². The zero-order chi connectivity index (χ0) is 10.1. The molecule has 1 aromatic heterocycles. The summed E-state index contributed by atoms with van der Waals surface area (Å²) in [5.74, 6) is -4.57. The molecule has 0 amide bonds. The zero-order valence-corrected chi connectivity index (χ0v) is 7.98. The van der Waals surface area contributed by atoms with Crippen LogP contribution in [-0.2, 0) is 5.92 Å². The SMILES string of the molecule is NCC(F)(F)c1cc(Br)cnc1F. The molecule has 0 aromatic carbocycles. The Kier molecular flexibility index (Phi) is 2.92. The van der Waals surface area contributed by atoms with Crippen LogP contribution >= 0.6 is 15.9 Å². The molecule has 0 unspecified atom stereocenters. The highest BCUT2D eigenvalue weighted by Gasteiger charge is 2.33. The molecule has 0 aliphatic heterocycles. The number of rotatable bonds is 2. The van der Waals surface area contributed by atoms with E-state index in [2.05, 4.69) is 20.9 Å². The topological polar surface area (TPSA) is 38.9 Å². The van der Waals surface area contributed by atoms with Crippen molar-refractivity contribution in [3.8, 4) is 0 Å². The number of pyridine rings is 1. The number of alkyl halides is 2. The van der Waals surface area contributed by atoms with Crippen LogP contribution in [-0.4, -0.2) is 11.5 Å². The molecule has 0 saturated carbocycles.